The van der Waals surface area contributed by atoms with Gasteiger partial charge in [0.2, 0.25) is 5.91 Å². The Bertz CT molecular complexity index is 934. The second-order valence-electron chi connectivity index (χ2n) is 5.85. The smallest absolute Gasteiger partial charge is 0.350 e. The van der Waals surface area contributed by atoms with Crippen LogP contribution in [-0.4, -0.2) is 33.2 Å². The number of anilines is 1. The van der Waals surface area contributed by atoms with Gasteiger partial charge in [-0.1, -0.05) is 41.7 Å². The number of aryl methyl sites for hydroxylation is 2. The highest BCUT2D eigenvalue weighted by atomic mass is 32.1. The summed E-state index contributed by atoms with van der Waals surface area (Å²) >= 11 is 1.12. The standard InChI is InChI=1S/C19H20N4O3S/c1-3-26-18(25)17-16(14-7-5-4-6-8-14)22-19(27-17)21-15(24)10-9-13-11-20-23(2)12-13/h4-8,11-12H,3,9-10H2,1-2H3,(H,21,22,24). The second-order valence-corrected chi connectivity index (χ2v) is 6.85. The van der Waals surface area contributed by atoms with Crippen LogP contribution in [-0.2, 0) is 23.0 Å². The second kappa shape index (κ2) is 8.59. The van der Waals surface area contributed by atoms with Crippen LogP contribution in [0.2, 0.25) is 0 Å². The van der Waals surface area contributed by atoms with E-state index in [4.69, 9.17) is 4.74 Å². The first-order valence-corrected chi connectivity index (χ1v) is 9.39. The normalized spacial score (nSPS) is 10.6. The van der Waals surface area contributed by atoms with Crippen molar-refractivity contribution in [1.29, 1.82) is 0 Å². The number of esters is 1. The van der Waals surface area contributed by atoms with Gasteiger partial charge in [-0.3, -0.25) is 9.48 Å². The van der Waals surface area contributed by atoms with Gasteiger partial charge in [-0.2, -0.15) is 5.10 Å². The number of nitrogens with one attached hydrogen (secondary N) is 1. The van der Waals surface area contributed by atoms with Crippen LogP contribution in [0.4, 0.5) is 5.13 Å². The number of thiazole rings is 1. The van der Waals surface area contributed by atoms with Crippen molar-refractivity contribution in [1.82, 2.24) is 14.8 Å². The van der Waals surface area contributed by atoms with E-state index in [1.165, 1.54) is 0 Å². The molecular formula is C19H20N4O3S. The van der Waals surface area contributed by atoms with E-state index in [-0.39, 0.29) is 12.5 Å². The van der Waals surface area contributed by atoms with Crippen molar-refractivity contribution in [3.8, 4) is 11.3 Å². The molecule has 0 saturated heterocycles. The number of carbonyl (C=O) groups is 2. The van der Waals surface area contributed by atoms with Crippen molar-refractivity contribution in [2.75, 3.05) is 11.9 Å². The maximum absolute atomic E-state index is 12.3. The molecule has 0 saturated carbocycles. The molecule has 8 heteroatoms. The van der Waals surface area contributed by atoms with Crippen LogP contribution in [0.3, 0.4) is 0 Å². The summed E-state index contributed by atoms with van der Waals surface area (Å²) in [7, 11) is 1.83. The largest absolute Gasteiger partial charge is 0.462 e. The molecule has 1 N–H and O–H groups in total. The lowest BCUT2D eigenvalue weighted by atomic mass is 10.1. The molecule has 0 aliphatic carbocycles. The van der Waals surface area contributed by atoms with Crippen LogP contribution in [0.1, 0.15) is 28.6 Å². The van der Waals surface area contributed by atoms with Crippen LogP contribution in [0.15, 0.2) is 42.7 Å². The first kappa shape index (κ1) is 18.8. The van der Waals surface area contributed by atoms with Crippen LogP contribution >= 0.6 is 11.3 Å². The molecule has 0 atom stereocenters. The summed E-state index contributed by atoms with van der Waals surface area (Å²) in [6, 6.07) is 9.37. The van der Waals surface area contributed by atoms with Gasteiger partial charge in [0.25, 0.3) is 0 Å². The third-order valence-corrected chi connectivity index (χ3v) is 4.73. The molecule has 0 aliphatic heterocycles. The summed E-state index contributed by atoms with van der Waals surface area (Å²) in [6.07, 6.45) is 4.51. The number of benzene rings is 1. The summed E-state index contributed by atoms with van der Waals surface area (Å²) in [5, 5.41) is 7.25. The van der Waals surface area contributed by atoms with E-state index in [0.717, 1.165) is 22.5 Å². The monoisotopic (exact) mass is 384 g/mol. The lowest BCUT2D eigenvalue weighted by Gasteiger charge is -2.01. The Kier molecular flexibility index (Phi) is 5.97. The third kappa shape index (κ3) is 4.79. The number of amides is 1. The van der Waals surface area contributed by atoms with Crippen molar-refractivity contribution < 1.29 is 14.3 Å². The van der Waals surface area contributed by atoms with Crippen molar-refractivity contribution in [2.45, 2.75) is 19.8 Å². The molecule has 7 nitrogen and oxygen atoms in total. The fraction of sp³-hybridized carbons (Fsp3) is 0.263. The van der Waals surface area contributed by atoms with E-state index in [2.05, 4.69) is 15.4 Å². The molecule has 0 radical (unpaired) electrons. The lowest BCUT2D eigenvalue weighted by molar-refractivity contribution is -0.116. The summed E-state index contributed by atoms with van der Waals surface area (Å²) in [5.41, 5.74) is 2.30. The maximum atomic E-state index is 12.3. The molecule has 0 fully saturated rings. The number of hydrogen-bond acceptors (Lipinski definition) is 6. The average Bonchev–Trinajstić information content (AvgIpc) is 3.27. The third-order valence-electron chi connectivity index (χ3n) is 3.78. The highest BCUT2D eigenvalue weighted by molar-refractivity contribution is 7.18. The Morgan fingerprint density at radius 3 is 2.70 bits per heavy atom. The van der Waals surface area contributed by atoms with E-state index in [0.29, 0.717) is 28.5 Å². The Morgan fingerprint density at radius 1 is 1.26 bits per heavy atom. The molecule has 0 unspecified atom stereocenters. The fourth-order valence-electron chi connectivity index (χ4n) is 2.54. The molecule has 1 amide bonds. The van der Waals surface area contributed by atoms with E-state index >= 15 is 0 Å². The molecule has 27 heavy (non-hydrogen) atoms. The van der Waals surface area contributed by atoms with Crippen LogP contribution < -0.4 is 5.32 Å². The van der Waals surface area contributed by atoms with Gasteiger partial charge >= 0.3 is 5.97 Å². The number of hydrogen-bond donors (Lipinski definition) is 1. The van der Waals surface area contributed by atoms with Gasteiger partial charge in [0.1, 0.15) is 4.88 Å². The Morgan fingerprint density at radius 2 is 2.04 bits per heavy atom. The molecular weight excluding hydrogens is 364 g/mol. The molecule has 0 bridgehead atoms. The Balaban J connectivity index is 1.75. The topological polar surface area (TPSA) is 86.1 Å². The predicted molar refractivity (Wildman–Crippen MR) is 104 cm³/mol. The van der Waals surface area contributed by atoms with E-state index < -0.39 is 5.97 Å². The number of ether oxygens (including phenoxy) is 1. The van der Waals surface area contributed by atoms with Crippen LogP contribution in [0, 0.1) is 0 Å². The van der Waals surface area contributed by atoms with E-state index in [9.17, 15) is 9.59 Å². The number of rotatable bonds is 7. The van der Waals surface area contributed by atoms with Gasteiger partial charge in [-0.15, -0.1) is 0 Å². The van der Waals surface area contributed by atoms with Gasteiger partial charge in [-0.05, 0) is 18.9 Å². The number of aromatic nitrogens is 3. The molecule has 3 aromatic rings. The predicted octanol–water partition coefficient (Wildman–Crippen LogP) is 3.29. The van der Waals surface area contributed by atoms with E-state index in [1.807, 2.05) is 43.6 Å². The molecule has 3 rings (SSSR count). The van der Waals surface area contributed by atoms with Crippen LogP contribution in [0.5, 0.6) is 0 Å². The van der Waals surface area contributed by atoms with Crippen molar-refractivity contribution in [3.63, 3.8) is 0 Å². The summed E-state index contributed by atoms with van der Waals surface area (Å²) in [4.78, 5) is 29.4. The van der Waals surface area contributed by atoms with Gasteiger partial charge in [-0.25, -0.2) is 9.78 Å². The Hall–Kier alpha value is -3.00. The molecule has 2 aromatic heterocycles. The zero-order valence-electron chi connectivity index (χ0n) is 15.1. The zero-order chi connectivity index (χ0) is 19.2. The lowest BCUT2D eigenvalue weighted by Crippen LogP contribution is -2.12. The minimum Gasteiger partial charge on any atom is -0.462 e. The van der Waals surface area contributed by atoms with Gasteiger partial charge in [0.05, 0.1) is 18.5 Å². The van der Waals surface area contributed by atoms with Crippen LogP contribution in [0.25, 0.3) is 11.3 Å². The first-order valence-electron chi connectivity index (χ1n) is 8.57. The molecule has 0 aliphatic rings. The molecule has 0 spiro atoms. The summed E-state index contributed by atoms with van der Waals surface area (Å²) in [6.45, 7) is 2.03. The highest BCUT2D eigenvalue weighted by Crippen LogP contribution is 2.31. The number of nitrogens with zero attached hydrogens (tertiary/aromatic N) is 3. The average molecular weight is 384 g/mol. The molecule has 140 valence electrons. The zero-order valence-corrected chi connectivity index (χ0v) is 16.0. The molecule has 1 aromatic carbocycles. The minimum atomic E-state index is -0.440. The van der Waals surface area contributed by atoms with E-state index in [1.54, 1.807) is 17.8 Å². The van der Waals surface area contributed by atoms with Gasteiger partial charge < -0.3 is 10.1 Å². The van der Waals surface area contributed by atoms with Crippen molar-refractivity contribution >= 4 is 28.3 Å². The minimum absolute atomic E-state index is 0.164. The Labute approximate surface area is 161 Å². The van der Waals surface area contributed by atoms with Crippen molar-refractivity contribution in [2.24, 2.45) is 7.05 Å². The number of carbonyl (C=O) groups excluding carboxylic acids is 2. The molecule has 2 heterocycles. The van der Waals surface area contributed by atoms with Gasteiger partial charge in [0, 0.05) is 25.2 Å². The highest BCUT2D eigenvalue weighted by Gasteiger charge is 2.21. The maximum Gasteiger partial charge on any atom is 0.350 e. The summed E-state index contributed by atoms with van der Waals surface area (Å²) in [5.74, 6) is -0.604. The quantitative estimate of drug-likeness (QED) is 0.632. The summed E-state index contributed by atoms with van der Waals surface area (Å²) < 4.78 is 6.83. The van der Waals surface area contributed by atoms with Crippen molar-refractivity contribution in [3.05, 3.63) is 53.2 Å². The van der Waals surface area contributed by atoms with Gasteiger partial charge in [0.15, 0.2) is 5.13 Å². The SMILES string of the molecule is CCOC(=O)c1sc(NC(=O)CCc2cnn(C)c2)nc1-c1ccccc1. The first-order chi connectivity index (χ1) is 13.1. The fourth-order valence-corrected chi connectivity index (χ4v) is 3.44.